The second-order valence-electron chi connectivity index (χ2n) is 6.04. The number of ether oxygens (including phenoxy) is 1. The first-order valence-electron chi connectivity index (χ1n) is 8.84. The van der Waals surface area contributed by atoms with Crippen LogP contribution in [0.3, 0.4) is 0 Å². The van der Waals surface area contributed by atoms with Crippen molar-refractivity contribution in [3.8, 4) is 12.0 Å². The minimum atomic E-state index is -3.93. The molecular weight excluding hydrogens is 374 g/mol. The van der Waals surface area contributed by atoms with Crippen LogP contribution in [0.1, 0.15) is 23.6 Å². The summed E-state index contributed by atoms with van der Waals surface area (Å²) in [5, 5.41) is 0. The lowest BCUT2D eigenvalue weighted by molar-refractivity contribution is -0.136. The Morgan fingerprint density at radius 1 is 1.14 bits per heavy atom. The maximum atomic E-state index is 13.1. The summed E-state index contributed by atoms with van der Waals surface area (Å²) in [5.74, 6) is 1.49. The largest absolute Gasteiger partial charge is 0.456 e. The Morgan fingerprint density at radius 2 is 1.79 bits per heavy atom. The molecule has 146 valence electrons. The molecule has 2 rings (SSSR count). The fourth-order valence-electron chi connectivity index (χ4n) is 2.52. The first-order valence-corrected chi connectivity index (χ1v) is 10.3. The summed E-state index contributed by atoms with van der Waals surface area (Å²) in [6, 6.07) is 16.4. The van der Waals surface area contributed by atoms with Crippen molar-refractivity contribution in [3.63, 3.8) is 0 Å². The third kappa shape index (κ3) is 5.48. The minimum Gasteiger partial charge on any atom is -0.456 e. The summed E-state index contributed by atoms with van der Waals surface area (Å²) in [5.41, 5.74) is 2.68. The molecule has 0 saturated carbocycles. The lowest BCUT2D eigenvalue weighted by Crippen LogP contribution is -2.27. The highest BCUT2D eigenvalue weighted by atomic mass is 32.2. The van der Waals surface area contributed by atoms with Crippen molar-refractivity contribution in [3.05, 3.63) is 77.9 Å². The van der Waals surface area contributed by atoms with E-state index in [0.29, 0.717) is 6.42 Å². The van der Waals surface area contributed by atoms with Gasteiger partial charge in [0.05, 0.1) is 18.0 Å². The number of hydrogen-bond acceptors (Lipinski definition) is 4. The molecule has 0 aliphatic carbocycles. The van der Waals surface area contributed by atoms with Crippen LogP contribution in [0.25, 0.3) is 0 Å². The number of nitrogens with zero attached hydrogens (tertiary/aromatic N) is 1. The molecule has 0 spiro atoms. The second-order valence-corrected chi connectivity index (χ2v) is 7.91. The zero-order valence-corrected chi connectivity index (χ0v) is 16.8. The van der Waals surface area contributed by atoms with Crippen molar-refractivity contribution in [2.45, 2.75) is 31.7 Å². The maximum Gasteiger partial charge on any atom is 0.386 e. The summed E-state index contributed by atoms with van der Waals surface area (Å²) in [7, 11) is -3.93. The zero-order valence-electron chi connectivity index (χ0n) is 16.0. The lowest BCUT2D eigenvalue weighted by Gasteiger charge is -2.19. The standard InChI is InChI=1S/C22H23NO4S/c1-4-8-19-9-6-7-10-20(19)17-23(16-15-22(24)27-5-2)28(25,26)21-13-11-18(3)12-14-21/h4,6-7,9-14H,1,5,8,17H2,2-3H3. The van der Waals surface area contributed by atoms with Crippen molar-refractivity contribution < 1.29 is 17.9 Å². The third-order valence-electron chi connectivity index (χ3n) is 3.96. The first-order chi connectivity index (χ1) is 13.4. The van der Waals surface area contributed by atoms with Gasteiger partial charge in [-0.1, -0.05) is 48.0 Å². The molecule has 0 radical (unpaired) electrons. The van der Waals surface area contributed by atoms with Crippen LogP contribution in [0.5, 0.6) is 0 Å². The van der Waals surface area contributed by atoms with Gasteiger partial charge >= 0.3 is 5.97 Å². The highest BCUT2D eigenvalue weighted by molar-refractivity contribution is 7.89. The maximum absolute atomic E-state index is 13.1. The first kappa shape index (κ1) is 21.3. The third-order valence-corrected chi connectivity index (χ3v) is 5.63. The molecule has 0 aromatic heterocycles. The number of carbonyl (C=O) groups is 1. The van der Waals surface area contributed by atoms with Crippen LogP contribution in [-0.2, 0) is 32.5 Å². The number of hydrogen-bond donors (Lipinski definition) is 0. The Kier molecular flexibility index (Phi) is 7.42. The van der Waals surface area contributed by atoms with Crippen molar-refractivity contribution in [2.24, 2.45) is 0 Å². The van der Waals surface area contributed by atoms with E-state index in [-0.39, 0.29) is 18.0 Å². The molecule has 0 fully saturated rings. The quantitative estimate of drug-likeness (QED) is 0.311. The molecule has 0 atom stereocenters. The van der Waals surface area contributed by atoms with Crippen molar-refractivity contribution in [1.82, 2.24) is 4.31 Å². The molecule has 0 amide bonds. The number of benzene rings is 2. The molecule has 2 aromatic rings. The fourth-order valence-corrected chi connectivity index (χ4v) is 3.73. The van der Waals surface area contributed by atoms with Gasteiger partial charge in [0.2, 0.25) is 0 Å². The number of allylic oxidation sites excluding steroid dienone is 1. The van der Waals surface area contributed by atoms with Gasteiger partial charge in [0.1, 0.15) is 0 Å². The normalized spacial score (nSPS) is 10.5. The number of carbonyl (C=O) groups excluding carboxylic acids is 1. The summed E-state index contributed by atoms with van der Waals surface area (Å²) in [6.07, 6.45) is 2.35. The highest BCUT2D eigenvalue weighted by Gasteiger charge is 2.23. The molecule has 0 bridgehead atoms. The Bertz CT molecular complexity index is 999. The smallest absolute Gasteiger partial charge is 0.386 e. The van der Waals surface area contributed by atoms with Crippen LogP contribution in [-0.4, -0.2) is 25.3 Å². The Balaban J connectivity index is 2.46. The number of esters is 1. The number of rotatable bonds is 7. The van der Waals surface area contributed by atoms with E-state index < -0.39 is 16.0 Å². The molecule has 0 saturated heterocycles. The Morgan fingerprint density at radius 3 is 2.39 bits per heavy atom. The zero-order chi connectivity index (χ0) is 20.6. The van der Waals surface area contributed by atoms with Gasteiger partial charge < -0.3 is 4.74 Å². The van der Waals surface area contributed by atoms with Gasteiger partial charge in [0.15, 0.2) is 0 Å². The van der Waals surface area contributed by atoms with E-state index in [1.165, 1.54) is 12.1 Å². The van der Waals surface area contributed by atoms with Gasteiger partial charge in [-0.2, -0.15) is 0 Å². The van der Waals surface area contributed by atoms with Crippen LogP contribution >= 0.6 is 0 Å². The van der Waals surface area contributed by atoms with Crippen molar-refractivity contribution >= 4 is 16.0 Å². The average Bonchev–Trinajstić information content (AvgIpc) is 2.67. The average molecular weight is 397 g/mol. The van der Waals surface area contributed by atoms with E-state index in [2.05, 4.69) is 18.5 Å². The van der Waals surface area contributed by atoms with Crippen LogP contribution in [0.15, 0.2) is 66.1 Å². The summed E-state index contributed by atoms with van der Waals surface area (Å²) in [6.45, 7) is 7.45. The molecule has 6 heteroatoms. The Hall–Kier alpha value is -3.04. The summed E-state index contributed by atoms with van der Waals surface area (Å²) >= 11 is 0. The minimum absolute atomic E-state index is 0.00658. The fraction of sp³-hybridized carbons (Fsp3) is 0.227. The van der Waals surface area contributed by atoms with Gasteiger partial charge in [-0.25, -0.2) is 17.5 Å². The highest BCUT2D eigenvalue weighted by Crippen LogP contribution is 2.20. The SMILES string of the molecule is C=CCc1ccccc1CN(C#CC(=O)OCC)S(=O)(=O)c1ccc(C)cc1. The second kappa shape index (κ2) is 9.77. The molecular formula is C22H23NO4S. The topological polar surface area (TPSA) is 63.7 Å². The van der Waals surface area contributed by atoms with Crippen molar-refractivity contribution in [2.75, 3.05) is 6.61 Å². The molecule has 2 aromatic carbocycles. The molecule has 28 heavy (non-hydrogen) atoms. The van der Waals surface area contributed by atoms with Gasteiger partial charge in [-0.15, -0.1) is 6.58 Å². The van der Waals surface area contributed by atoms with E-state index in [9.17, 15) is 13.2 Å². The van der Waals surface area contributed by atoms with Gasteiger partial charge in [-0.05, 0) is 43.5 Å². The molecule has 0 heterocycles. The van der Waals surface area contributed by atoms with E-state index in [1.807, 2.05) is 31.2 Å². The summed E-state index contributed by atoms with van der Waals surface area (Å²) < 4.78 is 32.1. The molecule has 0 unspecified atom stereocenters. The van der Waals surface area contributed by atoms with E-state index in [0.717, 1.165) is 21.0 Å². The van der Waals surface area contributed by atoms with E-state index in [4.69, 9.17) is 4.74 Å². The summed E-state index contributed by atoms with van der Waals surface area (Å²) in [4.78, 5) is 11.8. The van der Waals surface area contributed by atoms with Crippen LogP contribution < -0.4 is 0 Å². The molecule has 5 nitrogen and oxygen atoms in total. The Labute approximate surface area is 166 Å². The predicted octanol–water partition coefficient (Wildman–Crippen LogP) is 3.44. The monoisotopic (exact) mass is 397 g/mol. The van der Waals surface area contributed by atoms with Crippen LogP contribution in [0.4, 0.5) is 0 Å². The van der Waals surface area contributed by atoms with Crippen LogP contribution in [0.2, 0.25) is 0 Å². The van der Waals surface area contributed by atoms with Gasteiger partial charge in [-0.3, -0.25) is 0 Å². The molecule has 0 aliphatic rings. The van der Waals surface area contributed by atoms with Crippen LogP contribution in [0, 0.1) is 18.9 Å². The lowest BCUT2D eigenvalue weighted by atomic mass is 10.0. The van der Waals surface area contributed by atoms with E-state index >= 15 is 0 Å². The van der Waals surface area contributed by atoms with Crippen molar-refractivity contribution in [1.29, 1.82) is 0 Å². The number of sulfonamides is 1. The number of aryl methyl sites for hydroxylation is 1. The van der Waals surface area contributed by atoms with E-state index in [1.54, 1.807) is 25.1 Å². The predicted molar refractivity (Wildman–Crippen MR) is 109 cm³/mol. The molecule has 0 N–H and O–H groups in total. The van der Waals surface area contributed by atoms with Gasteiger partial charge in [0, 0.05) is 12.0 Å². The van der Waals surface area contributed by atoms with Gasteiger partial charge in [0.25, 0.3) is 10.0 Å². The molecule has 0 aliphatic heterocycles.